The molecule has 0 atom stereocenters. The smallest absolute Gasteiger partial charge is 0.126 e. The Bertz CT molecular complexity index is 1200. The SMILES string of the molecule is COc1ccc(F)cc1-c1ccc2c(c1COc1ccccc1CCO)C(C)=CC(C)(C)N2. The minimum atomic E-state index is -0.324. The highest BCUT2D eigenvalue weighted by molar-refractivity contribution is 5.88. The van der Waals surface area contributed by atoms with Gasteiger partial charge in [-0.15, -0.1) is 0 Å². The van der Waals surface area contributed by atoms with Crippen LogP contribution in [0.5, 0.6) is 11.5 Å². The first-order valence-electron chi connectivity index (χ1n) is 11.1. The Hall–Kier alpha value is -3.31. The van der Waals surface area contributed by atoms with Crippen LogP contribution in [-0.2, 0) is 13.0 Å². The number of fused-ring (bicyclic) bond motifs is 1. The summed E-state index contributed by atoms with van der Waals surface area (Å²) in [5.74, 6) is 1.01. The van der Waals surface area contributed by atoms with E-state index >= 15 is 0 Å². The third-order valence-corrected chi connectivity index (χ3v) is 5.92. The molecule has 0 bridgehead atoms. The number of nitrogens with one attached hydrogen (secondary N) is 1. The van der Waals surface area contributed by atoms with Crippen molar-refractivity contribution in [3.63, 3.8) is 0 Å². The van der Waals surface area contributed by atoms with Crippen LogP contribution in [0.15, 0.2) is 60.7 Å². The summed E-state index contributed by atoms with van der Waals surface area (Å²) in [5, 5.41) is 13.0. The lowest BCUT2D eigenvalue weighted by Crippen LogP contribution is -2.32. The summed E-state index contributed by atoms with van der Waals surface area (Å²) in [6.45, 7) is 6.69. The lowest BCUT2D eigenvalue weighted by molar-refractivity contribution is 0.284. The average molecular weight is 448 g/mol. The van der Waals surface area contributed by atoms with Gasteiger partial charge in [-0.2, -0.15) is 0 Å². The molecule has 0 radical (unpaired) electrons. The van der Waals surface area contributed by atoms with Gasteiger partial charge in [0.25, 0.3) is 0 Å². The molecule has 0 amide bonds. The fourth-order valence-corrected chi connectivity index (χ4v) is 4.61. The van der Waals surface area contributed by atoms with E-state index in [0.717, 1.165) is 39.3 Å². The van der Waals surface area contributed by atoms with Gasteiger partial charge in [-0.25, -0.2) is 4.39 Å². The normalized spacial score (nSPS) is 14.2. The number of ether oxygens (including phenoxy) is 2. The van der Waals surface area contributed by atoms with Gasteiger partial charge in [0.2, 0.25) is 0 Å². The van der Waals surface area contributed by atoms with Crippen LogP contribution in [0.4, 0.5) is 10.1 Å². The molecular formula is C28H30FNO3. The molecule has 1 aliphatic heterocycles. The van der Waals surface area contributed by atoms with Gasteiger partial charge in [0.15, 0.2) is 0 Å². The van der Waals surface area contributed by atoms with E-state index in [1.165, 1.54) is 12.1 Å². The van der Waals surface area contributed by atoms with Crippen LogP contribution >= 0.6 is 0 Å². The second-order valence-corrected chi connectivity index (χ2v) is 8.90. The molecule has 33 heavy (non-hydrogen) atoms. The highest BCUT2D eigenvalue weighted by Gasteiger charge is 2.27. The number of halogens is 1. The molecule has 0 unspecified atom stereocenters. The fraction of sp³-hybridized carbons (Fsp3) is 0.286. The first-order valence-corrected chi connectivity index (χ1v) is 11.1. The minimum absolute atomic E-state index is 0.0493. The molecule has 1 aliphatic rings. The van der Waals surface area contributed by atoms with Gasteiger partial charge >= 0.3 is 0 Å². The van der Waals surface area contributed by atoms with Crippen molar-refractivity contribution in [1.82, 2.24) is 0 Å². The van der Waals surface area contributed by atoms with Crippen molar-refractivity contribution in [1.29, 1.82) is 0 Å². The molecule has 4 rings (SSSR count). The number of methoxy groups -OCH3 is 1. The number of anilines is 1. The summed E-state index contributed by atoms with van der Waals surface area (Å²) in [5.41, 5.74) is 6.46. The average Bonchev–Trinajstić information content (AvgIpc) is 2.77. The Labute approximate surface area is 194 Å². The van der Waals surface area contributed by atoms with E-state index in [0.29, 0.717) is 17.7 Å². The molecular weight excluding hydrogens is 417 g/mol. The monoisotopic (exact) mass is 447 g/mol. The quantitative estimate of drug-likeness (QED) is 0.451. The number of para-hydroxylation sites is 1. The fourth-order valence-electron chi connectivity index (χ4n) is 4.61. The number of aliphatic hydroxyl groups excluding tert-OH is 1. The van der Waals surface area contributed by atoms with Crippen LogP contribution in [0.1, 0.15) is 37.5 Å². The van der Waals surface area contributed by atoms with Crippen LogP contribution in [0, 0.1) is 5.82 Å². The van der Waals surface area contributed by atoms with E-state index < -0.39 is 0 Å². The van der Waals surface area contributed by atoms with Crippen LogP contribution in [0.25, 0.3) is 16.7 Å². The van der Waals surface area contributed by atoms with Gasteiger partial charge in [-0.05, 0) is 74.2 Å². The van der Waals surface area contributed by atoms with Crippen LogP contribution in [-0.4, -0.2) is 24.4 Å². The molecule has 5 heteroatoms. The van der Waals surface area contributed by atoms with Crippen LogP contribution in [0.3, 0.4) is 0 Å². The highest BCUT2D eigenvalue weighted by atomic mass is 19.1. The van der Waals surface area contributed by atoms with Crippen molar-refractivity contribution in [3.8, 4) is 22.6 Å². The molecule has 1 heterocycles. The number of hydrogen-bond acceptors (Lipinski definition) is 4. The third-order valence-electron chi connectivity index (χ3n) is 5.92. The summed E-state index contributed by atoms with van der Waals surface area (Å²) in [6.07, 6.45) is 2.72. The number of allylic oxidation sites excluding steroid dienone is 1. The zero-order valence-corrected chi connectivity index (χ0v) is 19.5. The molecule has 0 saturated heterocycles. The van der Waals surface area contributed by atoms with Gasteiger partial charge in [-0.3, -0.25) is 0 Å². The standard InChI is InChI=1S/C28H30FNO3/c1-18-16-28(2,3)30-24-11-10-21(22-15-20(29)9-12-26(22)32-4)23(27(18)24)17-33-25-8-6-5-7-19(25)13-14-31/h5-12,15-16,30-31H,13-14,17H2,1-4H3. The minimum Gasteiger partial charge on any atom is -0.496 e. The predicted octanol–water partition coefficient (Wildman–Crippen LogP) is 6.22. The van der Waals surface area contributed by atoms with Crippen molar-refractivity contribution in [2.75, 3.05) is 19.0 Å². The number of rotatable bonds is 7. The van der Waals surface area contributed by atoms with E-state index in [4.69, 9.17) is 9.47 Å². The van der Waals surface area contributed by atoms with E-state index in [9.17, 15) is 9.50 Å². The summed E-state index contributed by atoms with van der Waals surface area (Å²) in [6, 6.07) is 16.3. The molecule has 4 nitrogen and oxygen atoms in total. The molecule has 0 aromatic heterocycles. The number of benzene rings is 3. The molecule has 3 aromatic rings. The molecule has 172 valence electrons. The Kier molecular flexibility index (Phi) is 6.43. The van der Waals surface area contributed by atoms with Gasteiger partial charge < -0.3 is 19.9 Å². The lowest BCUT2D eigenvalue weighted by atomic mass is 9.85. The second-order valence-electron chi connectivity index (χ2n) is 8.90. The van der Waals surface area contributed by atoms with Crippen molar-refractivity contribution in [2.45, 2.75) is 39.3 Å². The first-order chi connectivity index (χ1) is 15.8. The zero-order valence-electron chi connectivity index (χ0n) is 19.5. The first kappa shape index (κ1) is 22.9. The summed E-state index contributed by atoms with van der Waals surface area (Å²) < 4.78 is 26.1. The lowest BCUT2D eigenvalue weighted by Gasteiger charge is -2.33. The maximum Gasteiger partial charge on any atom is 0.126 e. The Morgan fingerprint density at radius 1 is 1.00 bits per heavy atom. The molecule has 0 aliphatic carbocycles. The van der Waals surface area contributed by atoms with E-state index in [2.05, 4.69) is 32.2 Å². The molecule has 0 saturated carbocycles. The Balaban J connectivity index is 1.86. The maximum absolute atomic E-state index is 14.3. The Morgan fingerprint density at radius 3 is 2.55 bits per heavy atom. The van der Waals surface area contributed by atoms with Crippen LogP contribution < -0.4 is 14.8 Å². The van der Waals surface area contributed by atoms with Crippen molar-refractivity contribution in [3.05, 3.63) is 83.2 Å². The van der Waals surface area contributed by atoms with Crippen LogP contribution in [0.2, 0.25) is 0 Å². The molecule has 0 fully saturated rings. The largest absolute Gasteiger partial charge is 0.496 e. The molecule has 2 N–H and O–H groups in total. The number of hydrogen-bond donors (Lipinski definition) is 2. The van der Waals surface area contributed by atoms with Gasteiger partial charge in [-0.1, -0.05) is 30.3 Å². The summed E-state index contributed by atoms with van der Waals surface area (Å²) in [7, 11) is 1.59. The van der Waals surface area contributed by atoms with E-state index in [-0.39, 0.29) is 24.6 Å². The summed E-state index contributed by atoms with van der Waals surface area (Å²) in [4.78, 5) is 0. The third kappa shape index (κ3) is 4.74. The topological polar surface area (TPSA) is 50.7 Å². The van der Waals surface area contributed by atoms with Gasteiger partial charge in [0.1, 0.15) is 23.9 Å². The summed E-state index contributed by atoms with van der Waals surface area (Å²) >= 11 is 0. The Morgan fingerprint density at radius 2 is 1.79 bits per heavy atom. The maximum atomic E-state index is 14.3. The van der Waals surface area contributed by atoms with Crippen molar-refractivity contribution in [2.24, 2.45) is 0 Å². The number of aliphatic hydroxyl groups is 1. The van der Waals surface area contributed by atoms with Gasteiger partial charge in [0, 0.05) is 29.0 Å². The predicted molar refractivity (Wildman–Crippen MR) is 131 cm³/mol. The van der Waals surface area contributed by atoms with E-state index in [1.807, 2.05) is 36.4 Å². The van der Waals surface area contributed by atoms with Crippen molar-refractivity contribution >= 4 is 11.3 Å². The highest BCUT2D eigenvalue weighted by Crippen LogP contribution is 2.43. The molecule has 3 aromatic carbocycles. The second kappa shape index (κ2) is 9.28. The molecule has 0 spiro atoms. The van der Waals surface area contributed by atoms with Crippen molar-refractivity contribution < 1.29 is 19.0 Å². The zero-order chi connectivity index (χ0) is 23.6. The van der Waals surface area contributed by atoms with Gasteiger partial charge in [0.05, 0.1) is 12.6 Å². The van der Waals surface area contributed by atoms with E-state index in [1.54, 1.807) is 13.2 Å².